The molecule has 138 valence electrons. The van der Waals surface area contributed by atoms with Crippen molar-refractivity contribution < 1.29 is 9.13 Å². The zero-order valence-electron chi connectivity index (χ0n) is 15.0. The summed E-state index contributed by atoms with van der Waals surface area (Å²) in [6.45, 7) is 4.08. The van der Waals surface area contributed by atoms with E-state index in [0.29, 0.717) is 6.61 Å². The maximum atomic E-state index is 13.3. The first-order valence-corrected chi connectivity index (χ1v) is 9.26. The number of hydrogen-bond donors (Lipinski definition) is 0. The lowest BCUT2D eigenvalue weighted by Crippen LogP contribution is -2.44. The van der Waals surface area contributed by atoms with Crippen LogP contribution in [0.1, 0.15) is 17.8 Å². The minimum atomic E-state index is -0.223. The molecular weight excluding hydrogens is 343 g/mol. The van der Waals surface area contributed by atoms with Crippen LogP contribution in [-0.4, -0.2) is 38.1 Å². The highest BCUT2D eigenvalue weighted by molar-refractivity contribution is 5.59. The van der Waals surface area contributed by atoms with Gasteiger partial charge in [0.1, 0.15) is 23.8 Å². The zero-order valence-corrected chi connectivity index (χ0v) is 15.0. The van der Waals surface area contributed by atoms with Crippen molar-refractivity contribution in [1.82, 2.24) is 19.4 Å². The Morgan fingerprint density at radius 3 is 2.81 bits per heavy atom. The summed E-state index contributed by atoms with van der Waals surface area (Å²) >= 11 is 0. The Morgan fingerprint density at radius 2 is 2.00 bits per heavy atom. The van der Waals surface area contributed by atoms with Gasteiger partial charge in [0.2, 0.25) is 0 Å². The van der Waals surface area contributed by atoms with Gasteiger partial charge in [-0.15, -0.1) is 0 Å². The molecule has 2 aliphatic rings. The summed E-state index contributed by atoms with van der Waals surface area (Å²) in [4.78, 5) is 11.2. The Morgan fingerprint density at radius 1 is 1.11 bits per heavy atom. The van der Waals surface area contributed by atoms with Crippen LogP contribution in [0.25, 0.3) is 11.3 Å². The maximum Gasteiger partial charge on any atom is 0.135 e. The first kappa shape index (κ1) is 16.6. The maximum absolute atomic E-state index is 13.3. The van der Waals surface area contributed by atoms with Gasteiger partial charge in [-0.2, -0.15) is 0 Å². The molecule has 6 heteroatoms. The number of pyridine rings is 1. The van der Waals surface area contributed by atoms with Crippen LogP contribution in [0.4, 0.5) is 4.39 Å². The molecule has 0 N–H and O–H groups in total. The SMILES string of the molecule is Fc1ccc(-c2cnc3n2C[C@]2(CCN(Cc4cccnc4)C2)OC3)cc1. The molecule has 3 aromatic rings. The van der Waals surface area contributed by atoms with Crippen molar-refractivity contribution in [1.29, 1.82) is 0 Å². The van der Waals surface area contributed by atoms with Crippen molar-refractivity contribution >= 4 is 0 Å². The van der Waals surface area contributed by atoms with Gasteiger partial charge in [0.05, 0.1) is 18.4 Å². The van der Waals surface area contributed by atoms with Gasteiger partial charge in [-0.3, -0.25) is 9.88 Å². The number of fused-ring (bicyclic) bond motifs is 1. The van der Waals surface area contributed by atoms with Crippen molar-refractivity contribution in [3.8, 4) is 11.3 Å². The molecule has 0 saturated carbocycles. The lowest BCUT2D eigenvalue weighted by atomic mass is 10.0. The minimum absolute atomic E-state index is 0.190. The Kier molecular flexibility index (Phi) is 4.02. The third kappa shape index (κ3) is 3.15. The number of benzene rings is 1. The predicted octanol–water partition coefficient (Wildman–Crippen LogP) is 3.26. The highest BCUT2D eigenvalue weighted by Gasteiger charge is 2.43. The lowest BCUT2D eigenvalue weighted by Gasteiger charge is -2.35. The van der Waals surface area contributed by atoms with Crippen molar-refractivity contribution in [3.63, 3.8) is 0 Å². The van der Waals surface area contributed by atoms with Gasteiger partial charge in [0, 0.05) is 32.0 Å². The third-order valence-corrected chi connectivity index (χ3v) is 5.56. The molecule has 5 nitrogen and oxygen atoms in total. The smallest absolute Gasteiger partial charge is 0.135 e. The fourth-order valence-corrected chi connectivity index (χ4v) is 4.17. The number of aromatic nitrogens is 3. The van der Waals surface area contributed by atoms with Crippen LogP contribution in [0, 0.1) is 5.82 Å². The standard InChI is InChI=1S/C21H21FN4O/c22-18-5-3-17(4-6-18)19-11-24-20-13-27-21(15-26(19)20)7-9-25(14-21)12-16-2-1-8-23-10-16/h1-6,8,10-11H,7,9,12-15H2/t21-/m1/s1. The van der Waals surface area contributed by atoms with E-state index in [4.69, 9.17) is 4.74 Å². The molecule has 1 aromatic carbocycles. The Labute approximate surface area is 157 Å². The van der Waals surface area contributed by atoms with Gasteiger partial charge in [-0.1, -0.05) is 6.07 Å². The number of nitrogens with zero attached hydrogens (tertiary/aromatic N) is 4. The quantitative estimate of drug-likeness (QED) is 0.716. The molecule has 0 amide bonds. The number of hydrogen-bond acceptors (Lipinski definition) is 4. The van der Waals surface area contributed by atoms with E-state index in [2.05, 4.69) is 25.5 Å². The molecule has 1 fully saturated rings. The Balaban J connectivity index is 1.36. The Bertz CT molecular complexity index is 941. The summed E-state index contributed by atoms with van der Waals surface area (Å²) in [5, 5.41) is 0. The molecule has 1 saturated heterocycles. The van der Waals surface area contributed by atoms with Crippen molar-refractivity contribution in [2.24, 2.45) is 0 Å². The van der Waals surface area contributed by atoms with E-state index in [1.165, 1.54) is 17.7 Å². The molecule has 27 heavy (non-hydrogen) atoms. The largest absolute Gasteiger partial charge is 0.364 e. The van der Waals surface area contributed by atoms with E-state index in [0.717, 1.165) is 49.7 Å². The average Bonchev–Trinajstić information content (AvgIpc) is 3.28. The number of halogens is 1. The van der Waals surface area contributed by atoms with Crippen LogP contribution in [-0.2, 0) is 24.4 Å². The highest BCUT2D eigenvalue weighted by Crippen LogP contribution is 2.35. The third-order valence-electron chi connectivity index (χ3n) is 5.56. The van der Waals surface area contributed by atoms with Crippen molar-refractivity contribution in [3.05, 3.63) is 72.2 Å². The topological polar surface area (TPSA) is 43.2 Å². The van der Waals surface area contributed by atoms with Crippen LogP contribution in [0.5, 0.6) is 0 Å². The zero-order chi connectivity index (χ0) is 18.3. The van der Waals surface area contributed by atoms with E-state index >= 15 is 0 Å². The van der Waals surface area contributed by atoms with Crippen LogP contribution >= 0.6 is 0 Å². The normalized spacial score (nSPS) is 22.3. The second kappa shape index (κ2) is 6.55. The average molecular weight is 364 g/mol. The molecule has 4 heterocycles. The first-order chi connectivity index (χ1) is 13.2. The van der Waals surface area contributed by atoms with Gasteiger partial charge >= 0.3 is 0 Å². The van der Waals surface area contributed by atoms with Crippen LogP contribution in [0.15, 0.2) is 55.0 Å². The van der Waals surface area contributed by atoms with E-state index in [9.17, 15) is 4.39 Å². The lowest BCUT2D eigenvalue weighted by molar-refractivity contribution is -0.0821. The van der Waals surface area contributed by atoms with Gasteiger partial charge in [0.15, 0.2) is 0 Å². The summed E-state index contributed by atoms with van der Waals surface area (Å²) in [6, 6.07) is 10.7. The van der Waals surface area contributed by atoms with Gasteiger partial charge < -0.3 is 9.30 Å². The number of rotatable bonds is 3. The van der Waals surface area contributed by atoms with Crippen LogP contribution < -0.4 is 0 Å². The molecule has 2 aromatic heterocycles. The molecule has 1 spiro atoms. The molecule has 2 aliphatic heterocycles. The van der Waals surface area contributed by atoms with E-state index in [-0.39, 0.29) is 11.4 Å². The molecule has 1 atom stereocenters. The molecular formula is C21H21FN4O. The summed E-state index contributed by atoms with van der Waals surface area (Å²) in [5.41, 5.74) is 3.04. The van der Waals surface area contributed by atoms with Crippen LogP contribution in [0.2, 0.25) is 0 Å². The van der Waals surface area contributed by atoms with E-state index < -0.39 is 0 Å². The molecule has 0 radical (unpaired) electrons. The van der Waals surface area contributed by atoms with Gasteiger partial charge in [-0.25, -0.2) is 9.37 Å². The Hall–Kier alpha value is -2.57. The van der Waals surface area contributed by atoms with E-state index in [1.807, 2.05) is 30.6 Å². The van der Waals surface area contributed by atoms with Gasteiger partial charge in [-0.05, 0) is 47.9 Å². The monoisotopic (exact) mass is 364 g/mol. The highest BCUT2D eigenvalue weighted by atomic mass is 19.1. The molecule has 0 bridgehead atoms. The van der Waals surface area contributed by atoms with Crippen LogP contribution in [0.3, 0.4) is 0 Å². The van der Waals surface area contributed by atoms with E-state index in [1.54, 1.807) is 6.20 Å². The fraction of sp³-hybridized carbons (Fsp3) is 0.333. The summed E-state index contributed by atoms with van der Waals surface area (Å²) < 4.78 is 21.8. The summed E-state index contributed by atoms with van der Waals surface area (Å²) in [6.07, 6.45) is 6.59. The summed E-state index contributed by atoms with van der Waals surface area (Å²) in [7, 11) is 0. The number of likely N-dealkylation sites (tertiary alicyclic amines) is 1. The summed E-state index contributed by atoms with van der Waals surface area (Å²) in [5.74, 6) is 0.712. The second-order valence-corrected chi connectivity index (χ2v) is 7.45. The van der Waals surface area contributed by atoms with Crippen molar-refractivity contribution in [2.75, 3.05) is 13.1 Å². The first-order valence-electron chi connectivity index (χ1n) is 9.26. The fourth-order valence-electron chi connectivity index (χ4n) is 4.17. The van der Waals surface area contributed by atoms with Crippen molar-refractivity contribution in [2.45, 2.75) is 31.7 Å². The minimum Gasteiger partial charge on any atom is -0.364 e. The molecule has 0 aliphatic carbocycles. The second-order valence-electron chi connectivity index (χ2n) is 7.45. The number of ether oxygens (including phenoxy) is 1. The molecule has 0 unspecified atom stereocenters. The van der Waals surface area contributed by atoms with Gasteiger partial charge in [0.25, 0.3) is 0 Å². The predicted molar refractivity (Wildman–Crippen MR) is 99.3 cm³/mol. The number of imidazole rings is 1. The molecule has 5 rings (SSSR count).